The van der Waals surface area contributed by atoms with Crippen molar-refractivity contribution in [3.63, 3.8) is 0 Å². The summed E-state index contributed by atoms with van der Waals surface area (Å²) >= 11 is 6.08. The topological polar surface area (TPSA) is 86.8 Å². The predicted molar refractivity (Wildman–Crippen MR) is 109 cm³/mol. The number of nitrogens with one attached hydrogen (secondary N) is 1. The number of aryl methyl sites for hydroxylation is 1. The Balaban J connectivity index is 1.46. The summed E-state index contributed by atoms with van der Waals surface area (Å²) in [7, 11) is 0. The quantitative estimate of drug-likeness (QED) is 0.763. The summed E-state index contributed by atoms with van der Waals surface area (Å²) in [4.78, 5) is 49.4. The van der Waals surface area contributed by atoms with E-state index >= 15 is 0 Å². The molecule has 4 amide bonds. The van der Waals surface area contributed by atoms with Crippen molar-refractivity contribution in [1.29, 1.82) is 0 Å². The van der Waals surface area contributed by atoms with Gasteiger partial charge in [0.2, 0.25) is 11.8 Å². The van der Waals surface area contributed by atoms with Crippen LogP contribution in [0.15, 0.2) is 36.4 Å². The average Bonchev–Trinajstić information content (AvgIpc) is 3.04. The van der Waals surface area contributed by atoms with E-state index in [2.05, 4.69) is 5.32 Å². The first-order chi connectivity index (χ1) is 14.3. The lowest BCUT2D eigenvalue weighted by Gasteiger charge is -2.32. The molecule has 30 heavy (non-hydrogen) atoms. The van der Waals surface area contributed by atoms with Crippen molar-refractivity contribution in [2.75, 3.05) is 0 Å². The van der Waals surface area contributed by atoms with E-state index in [4.69, 9.17) is 11.6 Å². The summed E-state index contributed by atoms with van der Waals surface area (Å²) in [6.45, 7) is 2.29. The highest BCUT2D eigenvalue weighted by atomic mass is 35.5. The van der Waals surface area contributed by atoms with E-state index in [0.29, 0.717) is 22.6 Å². The van der Waals surface area contributed by atoms with E-state index in [9.17, 15) is 19.2 Å². The van der Waals surface area contributed by atoms with Crippen LogP contribution in [0.25, 0.3) is 0 Å². The number of carbonyl (C=O) groups excluding carboxylic acids is 4. The fourth-order valence-electron chi connectivity index (χ4n) is 3.66. The number of imide groups is 1. The van der Waals surface area contributed by atoms with Gasteiger partial charge in [-0.2, -0.15) is 5.01 Å². The molecule has 4 rings (SSSR count). The number of hydrogen-bond donors (Lipinski definition) is 1. The van der Waals surface area contributed by atoms with Crippen LogP contribution in [0, 0.1) is 6.92 Å². The Morgan fingerprint density at radius 2 is 1.80 bits per heavy atom. The Labute approximate surface area is 178 Å². The number of amides is 4. The van der Waals surface area contributed by atoms with Gasteiger partial charge in [0.25, 0.3) is 11.8 Å². The van der Waals surface area contributed by atoms with E-state index in [1.54, 1.807) is 30.3 Å². The Morgan fingerprint density at radius 1 is 1.07 bits per heavy atom. The number of piperidine rings is 1. The summed E-state index contributed by atoms with van der Waals surface area (Å²) in [6.07, 6.45) is 1.03. The van der Waals surface area contributed by atoms with Crippen molar-refractivity contribution in [3.05, 3.63) is 69.2 Å². The lowest BCUT2D eigenvalue weighted by molar-refractivity contribution is -0.163. The number of benzene rings is 2. The molecule has 0 radical (unpaired) electrons. The lowest BCUT2D eigenvalue weighted by atomic mass is 10.1. The smallest absolute Gasteiger partial charge is 0.273 e. The van der Waals surface area contributed by atoms with Gasteiger partial charge < -0.3 is 5.32 Å². The fourth-order valence-corrected chi connectivity index (χ4v) is 3.84. The molecule has 0 saturated carbocycles. The largest absolute Gasteiger partial charge is 0.348 e. The fraction of sp³-hybridized carbons (Fsp3) is 0.273. The number of rotatable bonds is 4. The summed E-state index contributed by atoms with van der Waals surface area (Å²) < 4.78 is 0. The van der Waals surface area contributed by atoms with Crippen molar-refractivity contribution in [2.24, 2.45) is 0 Å². The van der Waals surface area contributed by atoms with Crippen LogP contribution in [0.3, 0.4) is 0 Å². The molecule has 2 aliphatic heterocycles. The molecular formula is C22H20ClN3O4. The van der Waals surface area contributed by atoms with Crippen LogP contribution in [0.4, 0.5) is 0 Å². The van der Waals surface area contributed by atoms with Gasteiger partial charge in [0.1, 0.15) is 0 Å². The van der Waals surface area contributed by atoms with Crippen LogP contribution in [0.5, 0.6) is 0 Å². The maximum absolute atomic E-state index is 12.7. The van der Waals surface area contributed by atoms with Crippen LogP contribution in [0.1, 0.15) is 56.7 Å². The lowest BCUT2D eigenvalue weighted by Crippen LogP contribution is -2.51. The van der Waals surface area contributed by atoms with Crippen molar-refractivity contribution in [3.8, 4) is 0 Å². The number of hydrogen-bond acceptors (Lipinski definition) is 4. The molecule has 1 saturated heterocycles. The third kappa shape index (κ3) is 3.68. The van der Waals surface area contributed by atoms with Crippen LogP contribution in [-0.2, 0) is 22.7 Å². The van der Waals surface area contributed by atoms with Gasteiger partial charge in [-0.15, -0.1) is 0 Å². The molecule has 1 N–H and O–H groups in total. The van der Waals surface area contributed by atoms with E-state index in [1.165, 1.54) is 5.01 Å². The predicted octanol–water partition coefficient (Wildman–Crippen LogP) is 2.99. The maximum atomic E-state index is 12.7. The van der Waals surface area contributed by atoms with Gasteiger partial charge in [0.15, 0.2) is 0 Å². The first-order valence-corrected chi connectivity index (χ1v) is 10.1. The molecule has 2 aliphatic rings. The number of nitrogens with zero attached hydrogens (tertiary/aromatic N) is 2. The highest BCUT2D eigenvalue weighted by Gasteiger charge is 2.39. The van der Waals surface area contributed by atoms with Crippen LogP contribution >= 0.6 is 11.6 Å². The maximum Gasteiger partial charge on any atom is 0.273 e. The standard InChI is InChI=1S/C22H20ClN3O4/c1-13-5-7-15(10-18(13)23)21(29)24-11-14-6-8-17-16(9-14)12-25(22(17)30)26-19(27)3-2-4-20(26)28/h5-10H,2-4,11-12H2,1H3,(H,24,29). The molecule has 154 valence electrons. The Morgan fingerprint density at radius 3 is 2.50 bits per heavy atom. The molecule has 0 aliphatic carbocycles. The average molecular weight is 426 g/mol. The second-order valence-corrected chi connectivity index (χ2v) is 7.86. The van der Waals surface area contributed by atoms with E-state index in [1.807, 2.05) is 13.0 Å². The van der Waals surface area contributed by atoms with E-state index in [0.717, 1.165) is 21.7 Å². The zero-order chi connectivity index (χ0) is 21.4. The number of fused-ring (bicyclic) bond motifs is 1. The highest BCUT2D eigenvalue weighted by molar-refractivity contribution is 6.31. The van der Waals surface area contributed by atoms with Crippen molar-refractivity contribution in [2.45, 2.75) is 39.3 Å². The van der Waals surface area contributed by atoms with Crippen LogP contribution in [0.2, 0.25) is 5.02 Å². The molecule has 7 nitrogen and oxygen atoms in total. The highest BCUT2D eigenvalue weighted by Crippen LogP contribution is 2.28. The molecule has 2 aromatic carbocycles. The normalized spacial score (nSPS) is 16.1. The molecular weight excluding hydrogens is 406 g/mol. The number of halogens is 1. The molecule has 0 bridgehead atoms. The Bertz CT molecular complexity index is 1070. The minimum absolute atomic E-state index is 0.154. The van der Waals surface area contributed by atoms with E-state index in [-0.39, 0.29) is 49.6 Å². The number of carbonyl (C=O) groups is 4. The Hall–Kier alpha value is -3.19. The van der Waals surface area contributed by atoms with Crippen LogP contribution in [-0.4, -0.2) is 33.6 Å². The molecule has 2 aromatic rings. The van der Waals surface area contributed by atoms with Gasteiger partial charge in [-0.25, -0.2) is 5.01 Å². The van der Waals surface area contributed by atoms with Gasteiger partial charge in [0, 0.05) is 35.5 Å². The number of hydrazine groups is 1. The third-order valence-corrected chi connectivity index (χ3v) is 5.74. The molecule has 1 fully saturated rings. The minimum atomic E-state index is -0.363. The monoisotopic (exact) mass is 425 g/mol. The van der Waals surface area contributed by atoms with Gasteiger partial charge in [-0.1, -0.05) is 29.8 Å². The van der Waals surface area contributed by atoms with Gasteiger partial charge in [0.05, 0.1) is 6.54 Å². The molecule has 0 unspecified atom stereocenters. The van der Waals surface area contributed by atoms with Gasteiger partial charge in [-0.3, -0.25) is 19.2 Å². The van der Waals surface area contributed by atoms with Crippen molar-refractivity contribution in [1.82, 2.24) is 15.3 Å². The first-order valence-electron chi connectivity index (χ1n) is 9.69. The molecule has 2 heterocycles. The summed E-state index contributed by atoms with van der Waals surface area (Å²) in [5, 5.41) is 5.56. The molecule has 0 aromatic heterocycles. The third-order valence-electron chi connectivity index (χ3n) is 5.34. The summed E-state index contributed by atoms with van der Waals surface area (Å²) in [5.41, 5.74) is 3.35. The molecule has 0 atom stereocenters. The zero-order valence-corrected chi connectivity index (χ0v) is 17.2. The van der Waals surface area contributed by atoms with Gasteiger partial charge in [-0.05, 0) is 48.2 Å². The van der Waals surface area contributed by atoms with Crippen molar-refractivity contribution >= 4 is 35.2 Å². The first kappa shape index (κ1) is 20.1. The molecule has 8 heteroatoms. The van der Waals surface area contributed by atoms with Gasteiger partial charge >= 0.3 is 0 Å². The van der Waals surface area contributed by atoms with Crippen LogP contribution < -0.4 is 5.32 Å². The zero-order valence-electron chi connectivity index (χ0n) is 16.4. The summed E-state index contributed by atoms with van der Waals surface area (Å²) in [6, 6.07) is 10.4. The van der Waals surface area contributed by atoms with E-state index < -0.39 is 0 Å². The Kier molecular flexibility index (Phi) is 5.30. The molecule has 0 spiro atoms. The van der Waals surface area contributed by atoms with Crippen molar-refractivity contribution < 1.29 is 19.2 Å². The SMILES string of the molecule is Cc1ccc(C(=O)NCc2ccc3c(c2)CN(N2C(=O)CCCC2=O)C3=O)cc1Cl. The minimum Gasteiger partial charge on any atom is -0.348 e. The second-order valence-electron chi connectivity index (χ2n) is 7.45. The summed E-state index contributed by atoms with van der Waals surface area (Å²) in [5.74, 6) is -1.31. The second kappa shape index (κ2) is 7.91.